The van der Waals surface area contributed by atoms with E-state index in [4.69, 9.17) is 10.7 Å². The molecule has 2 atom stereocenters. The van der Waals surface area contributed by atoms with Gasteiger partial charge in [-0.15, -0.1) is 11.3 Å². The summed E-state index contributed by atoms with van der Waals surface area (Å²) in [7, 11) is 1.48. The molecule has 1 aliphatic rings. The van der Waals surface area contributed by atoms with Crippen molar-refractivity contribution in [3.8, 4) is 0 Å². The summed E-state index contributed by atoms with van der Waals surface area (Å²) < 4.78 is 22.2. The van der Waals surface area contributed by atoms with Crippen molar-refractivity contribution >= 4 is 37.0 Å². The van der Waals surface area contributed by atoms with Crippen molar-refractivity contribution in [2.45, 2.75) is 36.4 Å². The summed E-state index contributed by atoms with van der Waals surface area (Å²) in [4.78, 5) is 11.9. The van der Waals surface area contributed by atoms with Gasteiger partial charge in [0.2, 0.25) is 0 Å². The van der Waals surface area contributed by atoms with Crippen molar-refractivity contribution in [3.63, 3.8) is 0 Å². The zero-order chi connectivity index (χ0) is 13.3. The number of thiophene rings is 1. The maximum Gasteiger partial charge on any atom is 0.270 e. The van der Waals surface area contributed by atoms with Crippen LogP contribution in [0.4, 0.5) is 0 Å². The van der Waals surface area contributed by atoms with E-state index in [2.05, 4.69) is 12.2 Å². The molecule has 2 unspecified atom stereocenters. The highest BCUT2D eigenvalue weighted by Crippen LogP contribution is 2.26. The van der Waals surface area contributed by atoms with Gasteiger partial charge in [0.05, 0.1) is 5.56 Å². The Labute approximate surface area is 115 Å². The molecule has 7 heteroatoms. The molecule has 4 nitrogen and oxygen atoms in total. The third kappa shape index (κ3) is 3.24. The third-order valence-corrected chi connectivity index (χ3v) is 6.15. The van der Waals surface area contributed by atoms with E-state index in [1.165, 1.54) is 11.4 Å². The molecule has 100 valence electrons. The second-order valence-corrected chi connectivity index (χ2v) is 8.38. The van der Waals surface area contributed by atoms with E-state index in [9.17, 15) is 13.2 Å². The standard InChI is InChI=1S/C11H14ClNO3S2/c1-7-2-3-9(4-7)13-11(14)8-5-10(17-6-8)18(12,15)16/h5-7,9H,2-4H2,1H3,(H,13,14). The van der Waals surface area contributed by atoms with Crippen LogP contribution in [-0.4, -0.2) is 20.4 Å². The average Bonchev–Trinajstić information content (AvgIpc) is 2.85. The fourth-order valence-electron chi connectivity index (χ4n) is 2.17. The van der Waals surface area contributed by atoms with Crippen LogP contribution in [0.2, 0.25) is 0 Å². The first-order chi connectivity index (χ1) is 8.36. The van der Waals surface area contributed by atoms with Crippen LogP contribution in [0.25, 0.3) is 0 Å². The molecule has 1 N–H and O–H groups in total. The molecule has 1 aromatic heterocycles. The first kappa shape index (κ1) is 13.8. The van der Waals surface area contributed by atoms with Crippen LogP contribution in [-0.2, 0) is 9.05 Å². The van der Waals surface area contributed by atoms with Gasteiger partial charge >= 0.3 is 0 Å². The fourth-order valence-corrected chi connectivity index (χ4v) is 4.12. The number of nitrogens with one attached hydrogen (secondary N) is 1. The molecular formula is C11H14ClNO3S2. The Morgan fingerprint density at radius 1 is 1.50 bits per heavy atom. The van der Waals surface area contributed by atoms with Gasteiger partial charge in [-0.25, -0.2) is 8.42 Å². The van der Waals surface area contributed by atoms with E-state index in [0.717, 1.165) is 30.6 Å². The Morgan fingerprint density at radius 2 is 2.22 bits per heavy atom. The topological polar surface area (TPSA) is 63.2 Å². The molecule has 1 fully saturated rings. The molecular weight excluding hydrogens is 294 g/mol. The smallest absolute Gasteiger partial charge is 0.270 e. The molecule has 0 aromatic carbocycles. The number of rotatable bonds is 3. The summed E-state index contributed by atoms with van der Waals surface area (Å²) in [6.45, 7) is 2.16. The summed E-state index contributed by atoms with van der Waals surface area (Å²) in [6, 6.07) is 1.52. The summed E-state index contributed by atoms with van der Waals surface area (Å²) in [5.74, 6) is 0.411. The van der Waals surface area contributed by atoms with Crippen LogP contribution in [0.15, 0.2) is 15.7 Å². The lowest BCUT2D eigenvalue weighted by atomic mass is 10.1. The fraction of sp³-hybridized carbons (Fsp3) is 0.545. The molecule has 0 aliphatic heterocycles. The van der Waals surface area contributed by atoms with E-state index in [1.807, 2.05) is 0 Å². The number of halogens is 1. The minimum Gasteiger partial charge on any atom is -0.349 e. The number of hydrogen-bond donors (Lipinski definition) is 1. The van der Waals surface area contributed by atoms with Gasteiger partial charge in [-0.1, -0.05) is 6.92 Å². The van der Waals surface area contributed by atoms with Crippen LogP contribution in [0, 0.1) is 5.92 Å². The van der Waals surface area contributed by atoms with Gasteiger partial charge < -0.3 is 5.32 Å². The lowest BCUT2D eigenvalue weighted by Gasteiger charge is -2.11. The Balaban J connectivity index is 2.03. The van der Waals surface area contributed by atoms with Crippen molar-refractivity contribution in [2.24, 2.45) is 5.92 Å². The normalized spacial score (nSPS) is 24.1. The highest BCUT2D eigenvalue weighted by molar-refractivity contribution is 8.15. The second-order valence-electron chi connectivity index (χ2n) is 4.68. The predicted octanol–water partition coefficient (Wildman–Crippen LogP) is 2.59. The van der Waals surface area contributed by atoms with Crippen molar-refractivity contribution in [2.75, 3.05) is 0 Å². The van der Waals surface area contributed by atoms with Gasteiger partial charge in [0, 0.05) is 22.1 Å². The highest BCUT2D eigenvalue weighted by atomic mass is 35.7. The average molecular weight is 308 g/mol. The Morgan fingerprint density at radius 3 is 2.72 bits per heavy atom. The Kier molecular flexibility index (Phi) is 3.99. The molecule has 0 bridgehead atoms. The lowest BCUT2D eigenvalue weighted by molar-refractivity contribution is 0.0937. The number of carbonyl (C=O) groups excluding carboxylic acids is 1. The summed E-state index contributed by atoms with van der Waals surface area (Å²) in [5, 5.41) is 4.44. The van der Waals surface area contributed by atoms with Gasteiger partial charge in [-0.05, 0) is 31.2 Å². The monoisotopic (exact) mass is 307 g/mol. The summed E-state index contributed by atoms with van der Waals surface area (Å²) in [6.07, 6.45) is 3.09. The van der Waals surface area contributed by atoms with E-state index >= 15 is 0 Å². The quantitative estimate of drug-likeness (QED) is 0.873. The molecule has 1 heterocycles. The van der Waals surface area contributed by atoms with Gasteiger partial charge in [-0.3, -0.25) is 4.79 Å². The molecule has 1 saturated carbocycles. The third-order valence-electron chi connectivity index (χ3n) is 3.11. The molecule has 2 rings (SSSR count). The Hall–Kier alpha value is -0.590. The van der Waals surface area contributed by atoms with Crippen LogP contribution >= 0.6 is 22.0 Å². The minimum absolute atomic E-state index is 0.00843. The molecule has 1 aliphatic carbocycles. The van der Waals surface area contributed by atoms with Crippen LogP contribution in [0.3, 0.4) is 0 Å². The van der Waals surface area contributed by atoms with E-state index < -0.39 is 9.05 Å². The maximum atomic E-state index is 11.9. The van der Waals surface area contributed by atoms with Gasteiger partial charge in [0.1, 0.15) is 4.21 Å². The second kappa shape index (κ2) is 5.19. The summed E-state index contributed by atoms with van der Waals surface area (Å²) in [5.41, 5.74) is 0.360. The van der Waals surface area contributed by atoms with Gasteiger partial charge in [0.25, 0.3) is 15.0 Å². The zero-order valence-electron chi connectivity index (χ0n) is 9.85. The molecule has 0 spiro atoms. The number of carbonyl (C=O) groups is 1. The number of hydrogen-bond acceptors (Lipinski definition) is 4. The highest BCUT2D eigenvalue weighted by Gasteiger charge is 2.24. The van der Waals surface area contributed by atoms with Gasteiger partial charge in [0.15, 0.2) is 0 Å². The molecule has 0 radical (unpaired) electrons. The van der Waals surface area contributed by atoms with E-state index in [0.29, 0.717) is 11.5 Å². The van der Waals surface area contributed by atoms with Crippen molar-refractivity contribution in [1.29, 1.82) is 0 Å². The first-order valence-corrected chi connectivity index (χ1v) is 8.89. The van der Waals surface area contributed by atoms with Crippen LogP contribution in [0.1, 0.15) is 36.5 Å². The first-order valence-electron chi connectivity index (χ1n) is 5.70. The predicted molar refractivity (Wildman–Crippen MR) is 71.6 cm³/mol. The van der Waals surface area contributed by atoms with Crippen molar-refractivity contribution < 1.29 is 13.2 Å². The largest absolute Gasteiger partial charge is 0.349 e. The number of amides is 1. The molecule has 0 saturated heterocycles. The van der Waals surface area contributed by atoms with Crippen molar-refractivity contribution in [3.05, 3.63) is 17.0 Å². The zero-order valence-corrected chi connectivity index (χ0v) is 12.2. The minimum atomic E-state index is -3.74. The van der Waals surface area contributed by atoms with Crippen LogP contribution in [0.5, 0.6) is 0 Å². The molecule has 1 amide bonds. The summed E-state index contributed by atoms with van der Waals surface area (Å²) >= 11 is 0.963. The molecule has 18 heavy (non-hydrogen) atoms. The van der Waals surface area contributed by atoms with Crippen molar-refractivity contribution in [1.82, 2.24) is 5.32 Å². The SMILES string of the molecule is CC1CCC(NC(=O)c2csc(S(=O)(=O)Cl)c2)C1. The molecule has 1 aromatic rings. The van der Waals surface area contributed by atoms with Crippen LogP contribution < -0.4 is 5.32 Å². The van der Waals surface area contributed by atoms with Gasteiger partial charge in [-0.2, -0.15) is 0 Å². The van der Waals surface area contributed by atoms with E-state index in [1.54, 1.807) is 0 Å². The lowest BCUT2D eigenvalue weighted by Crippen LogP contribution is -2.32. The Bertz CT molecular complexity index is 552. The maximum absolute atomic E-state index is 11.9. The van der Waals surface area contributed by atoms with E-state index in [-0.39, 0.29) is 16.2 Å².